The number of thiazole rings is 1. The van der Waals surface area contributed by atoms with Crippen LogP contribution in [0.5, 0.6) is 5.75 Å². The monoisotopic (exact) mass is 449 g/mol. The number of fused-ring (bicyclic) bond motifs is 1. The zero-order valence-electron chi connectivity index (χ0n) is 17.2. The average molecular weight is 450 g/mol. The van der Waals surface area contributed by atoms with Crippen molar-refractivity contribution in [1.29, 1.82) is 0 Å². The molecule has 2 heterocycles. The molecule has 0 bridgehead atoms. The van der Waals surface area contributed by atoms with Gasteiger partial charge in [-0.05, 0) is 54.1 Å². The fourth-order valence-corrected chi connectivity index (χ4v) is 5.02. The molecule has 5 nitrogen and oxygen atoms in total. The first kappa shape index (κ1) is 21.3. The van der Waals surface area contributed by atoms with Crippen molar-refractivity contribution in [2.45, 2.75) is 24.3 Å². The molecule has 0 unspecified atom stereocenters. The molecule has 0 aliphatic heterocycles. The number of aromatic nitrogens is 2. The highest BCUT2D eigenvalue weighted by Gasteiger charge is 2.20. The molecule has 0 radical (unpaired) electrons. The van der Waals surface area contributed by atoms with E-state index >= 15 is 0 Å². The predicted molar refractivity (Wildman–Crippen MR) is 128 cm³/mol. The zero-order chi connectivity index (χ0) is 21.5. The minimum atomic E-state index is 0.0727. The van der Waals surface area contributed by atoms with Crippen LogP contribution < -0.4 is 9.64 Å². The molecule has 0 aliphatic rings. The van der Waals surface area contributed by atoms with Crippen LogP contribution in [0.1, 0.15) is 18.4 Å². The summed E-state index contributed by atoms with van der Waals surface area (Å²) in [4.78, 5) is 25.1. The third kappa shape index (κ3) is 5.62. The van der Waals surface area contributed by atoms with Crippen molar-refractivity contribution >= 4 is 44.4 Å². The van der Waals surface area contributed by atoms with Crippen LogP contribution in [0, 0.1) is 0 Å². The maximum atomic E-state index is 13.2. The molecule has 0 fully saturated rings. The number of hydrogen-bond acceptors (Lipinski definition) is 6. The second-order valence-electron chi connectivity index (χ2n) is 6.94. The lowest BCUT2D eigenvalue weighted by Gasteiger charge is -2.20. The van der Waals surface area contributed by atoms with Crippen molar-refractivity contribution in [3.63, 3.8) is 0 Å². The Morgan fingerprint density at radius 3 is 2.77 bits per heavy atom. The third-order valence-electron chi connectivity index (χ3n) is 4.73. The Balaban J connectivity index is 1.49. The molecule has 0 saturated carbocycles. The fraction of sp³-hybridized carbons (Fsp3) is 0.208. The second kappa shape index (κ2) is 10.4. The number of carbonyl (C=O) groups is 1. The number of carbonyl (C=O) groups excluding carboxylic acids is 1. The number of nitrogens with zero attached hydrogens (tertiary/aromatic N) is 3. The molecule has 2 aromatic carbocycles. The maximum Gasteiger partial charge on any atom is 0.229 e. The molecule has 0 aliphatic carbocycles. The van der Waals surface area contributed by atoms with E-state index in [-0.39, 0.29) is 5.91 Å². The number of methoxy groups -OCH3 is 1. The van der Waals surface area contributed by atoms with Crippen LogP contribution in [0.25, 0.3) is 10.2 Å². The van der Waals surface area contributed by atoms with Crippen molar-refractivity contribution in [3.8, 4) is 5.75 Å². The highest BCUT2D eigenvalue weighted by molar-refractivity contribution is 7.99. The van der Waals surface area contributed by atoms with E-state index in [4.69, 9.17) is 9.72 Å². The Labute approximate surface area is 190 Å². The van der Waals surface area contributed by atoms with Gasteiger partial charge in [-0.1, -0.05) is 35.6 Å². The fourth-order valence-electron chi connectivity index (χ4n) is 3.14. The lowest BCUT2D eigenvalue weighted by Crippen LogP contribution is -2.30. The van der Waals surface area contributed by atoms with Gasteiger partial charge in [0.05, 0.1) is 23.9 Å². The number of pyridine rings is 1. The second-order valence-corrected chi connectivity index (χ2v) is 9.11. The molecule has 158 valence electrons. The van der Waals surface area contributed by atoms with Crippen molar-refractivity contribution in [2.24, 2.45) is 0 Å². The van der Waals surface area contributed by atoms with Gasteiger partial charge in [0.15, 0.2) is 5.13 Å². The van der Waals surface area contributed by atoms with E-state index in [1.165, 1.54) is 16.2 Å². The Kier molecular flexibility index (Phi) is 7.17. The number of anilines is 1. The van der Waals surface area contributed by atoms with Gasteiger partial charge in [0, 0.05) is 23.7 Å². The van der Waals surface area contributed by atoms with Gasteiger partial charge in [-0.3, -0.25) is 14.7 Å². The van der Waals surface area contributed by atoms with E-state index in [1.807, 2.05) is 48.5 Å². The van der Waals surface area contributed by atoms with Crippen LogP contribution in [0.2, 0.25) is 0 Å². The van der Waals surface area contributed by atoms with E-state index in [0.29, 0.717) is 18.1 Å². The molecule has 4 aromatic rings. The van der Waals surface area contributed by atoms with Gasteiger partial charge in [-0.2, -0.15) is 0 Å². The summed E-state index contributed by atoms with van der Waals surface area (Å²) in [5.74, 6) is 1.75. The highest BCUT2D eigenvalue weighted by atomic mass is 32.2. The standard InChI is InChI=1S/C24H23N3O2S2/c1-29-19-11-12-21-22(15-19)31-24(26-21)27(17-18-7-5-13-25-16-18)23(28)10-6-14-30-20-8-3-2-4-9-20/h2-5,7-9,11-13,15-16H,6,10,14,17H2,1H3. The lowest BCUT2D eigenvalue weighted by molar-refractivity contribution is -0.118. The summed E-state index contributed by atoms with van der Waals surface area (Å²) in [5, 5.41) is 0.702. The summed E-state index contributed by atoms with van der Waals surface area (Å²) in [6.45, 7) is 0.454. The first-order chi connectivity index (χ1) is 15.2. The van der Waals surface area contributed by atoms with E-state index in [2.05, 4.69) is 17.1 Å². The zero-order valence-corrected chi connectivity index (χ0v) is 18.9. The lowest BCUT2D eigenvalue weighted by atomic mass is 10.2. The molecule has 4 rings (SSSR count). The number of thioether (sulfide) groups is 1. The van der Waals surface area contributed by atoms with Crippen molar-refractivity contribution in [3.05, 3.63) is 78.6 Å². The maximum absolute atomic E-state index is 13.2. The summed E-state index contributed by atoms with van der Waals surface area (Å²) in [7, 11) is 1.65. The Hall–Kier alpha value is -2.90. The summed E-state index contributed by atoms with van der Waals surface area (Å²) in [5.41, 5.74) is 1.84. The summed E-state index contributed by atoms with van der Waals surface area (Å²) in [6.07, 6.45) is 4.81. The molecule has 0 atom stereocenters. The average Bonchev–Trinajstić information content (AvgIpc) is 3.24. The molecule has 0 spiro atoms. The van der Waals surface area contributed by atoms with Gasteiger partial charge < -0.3 is 4.74 Å². The highest BCUT2D eigenvalue weighted by Crippen LogP contribution is 2.32. The Morgan fingerprint density at radius 1 is 1.13 bits per heavy atom. The van der Waals surface area contributed by atoms with Gasteiger partial charge in [0.1, 0.15) is 5.75 Å². The predicted octanol–water partition coefficient (Wildman–Crippen LogP) is 5.81. The topological polar surface area (TPSA) is 55.3 Å². The SMILES string of the molecule is COc1ccc2nc(N(Cc3cccnc3)C(=O)CCCSc3ccccc3)sc2c1. The summed E-state index contributed by atoms with van der Waals surface area (Å²) in [6, 6.07) is 19.9. The number of amides is 1. The van der Waals surface area contributed by atoms with Crippen LogP contribution in [-0.2, 0) is 11.3 Å². The van der Waals surface area contributed by atoms with Crippen LogP contribution >= 0.6 is 23.1 Å². The normalized spacial score (nSPS) is 10.9. The smallest absolute Gasteiger partial charge is 0.229 e. The van der Waals surface area contributed by atoms with Crippen LogP contribution in [0.15, 0.2) is 78.0 Å². The van der Waals surface area contributed by atoms with Crippen LogP contribution in [0.4, 0.5) is 5.13 Å². The largest absolute Gasteiger partial charge is 0.497 e. The van der Waals surface area contributed by atoms with Gasteiger partial charge in [-0.25, -0.2) is 4.98 Å². The number of rotatable bonds is 9. The van der Waals surface area contributed by atoms with Gasteiger partial charge >= 0.3 is 0 Å². The molecular weight excluding hydrogens is 426 g/mol. The Morgan fingerprint density at radius 2 is 2.00 bits per heavy atom. The van der Waals surface area contributed by atoms with E-state index in [1.54, 1.807) is 36.2 Å². The quantitative estimate of drug-likeness (QED) is 0.239. The first-order valence-corrected chi connectivity index (χ1v) is 11.8. The Bertz CT molecular complexity index is 1130. The van der Waals surface area contributed by atoms with Gasteiger partial charge in [0.2, 0.25) is 5.91 Å². The van der Waals surface area contributed by atoms with Crippen molar-refractivity contribution in [1.82, 2.24) is 9.97 Å². The van der Waals surface area contributed by atoms with Gasteiger partial charge in [0.25, 0.3) is 0 Å². The van der Waals surface area contributed by atoms with Crippen LogP contribution in [-0.4, -0.2) is 28.7 Å². The molecule has 31 heavy (non-hydrogen) atoms. The van der Waals surface area contributed by atoms with Crippen molar-refractivity contribution < 1.29 is 9.53 Å². The van der Waals surface area contributed by atoms with Crippen molar-refractivity contribution in [2.75, 3.05) is 17.8 Å². The number of ether oxygens (including phenoxy) is 1. The number of benzene rings is 2. The minimum Gasteiger partial charge on any atom is -0.497 e. The third-order valence-corrected chi connectivity index (χ3v) is 6.87. The van der Waals surface area contributed by atoms with Crippen LogP contribution in [0.3, 0.4) is 0 Å². The molecular formula is C24H23N3O2S2. The first-order valence-electron chi connectivity index (χ1n) is 10.0. The minimum absolute atomic E-state index is 0.0727. The van der Waals surface area contributed by atoms with E-state index < -0.39 is 0 Å². The van der Waals surface area contributed by atoms with E-state index in [9.17, 15) is 4.79 Å². The molecule has 7 heteroatoms. The summed E-state index contributed by atoms with van der Waals surface area (Å²) < 4.78 is 6.32. The molecule has 0 saturated heterocycles. The van der Waals surface area contributed by atoms with Gasteiger partial charge in [-0.15, -0.1) is 11.8 Å². The summed E-state index contributed by atoms with van der Waals surface area (Å²) >= 11 is 3.28. The molecule has 0 N–H and O–H groups in total. The number of hydrogen-bond donors (Lipinski definition) is 0. The van der Waals surface area contributed by atoms with E-state index in [0.717, 1.165) is 33.7 Å². The molecule has 1 amide bonds. The molecule has 2 aromatic heterocycles.